The van der Waals surface area contributed by atoms with Gasteiger partial charge in [0.2, 0.25) is 0 Å². The lowest BCUT2D eigenvalue weighted by atomic mass is 9.82. The first-order chi connectivity index (χ1) is 26.1. The molecule has 0 saturated carbocycles. The van der Waals surface area contributed by atoms with Gasteiger partial charge >= 0.3 is 0 Å². The van der Waals surface area contributed by atoms with Crippen LogP contribution in [0.1, 0.15) is 40.5 Å². The van der Waals surface area contributed by atoms with E-state index in [1.54, 1.807) is 31.0 Å². The van der Waals surface area contributed by atoms with E-state index in [4.69, 9.17) is 14.2 Å². The first-order valence-corrected chi connectivity index (χ1v) is 21.4. The molecule has 1 aromatic heterocycles. The van der Waals surface area contributed by atoms with Gasteiger partial charge in [-0.1, -0.05) is 72.9 Å². The molecular weight excluding hydrogens is 699 g/mol. The zero-order valence-corrected chi connectivity index (χ0v) is 32.4. The molecule has 4 atom stereocenters. The van der Waals surface area contributed by atoms with Crippen molar-refractivity contribution in [1.29, 1.82) is 0 Å². The van der Waals surface area contributed by atoms with Crippen molar-refractivity contribution in [1.82, 2.24) is 15.0 Å². The molecule has 0 radical (unpaired) electrons. The molecule has 2 aliphatic rings. The summed E-state index contributed by atoms with van der Waals surface area (Å²) in [6.45, 7) is 7.72. The molecule has 2 N–H and O–H groups in total. The van der Waals surface area contributed by atoms with Crippen LogP contribution in [0.5, 0.6) is 11.5 Å². The Balaban J connectivity index is 1.25. The number of ether oxygens (including phenoxy) is 3. The Bertz CT molecular complexity index is 2120. The number of aliphatic hydroxyl groups is 1. The summed E-state index contributed by atoms with van der Waals surface area (Å²) in [5.74, 6) is 0.922. The van der Waals surface area contributed by atoms with Crippen molar-refractivity contribution in [3.8, 4) is 11.5 Å². The summed E-state index contributed by atoms with van der Waals surface area (Å²) in [5, 5.41) is 22.2. The number of fused-ring (bicyclic) bond motifs is 2. The van der Waals surface area contributed by atoms with Gasteiger partial charge in [-0.3, -0.25) is 14.3 Å². The Morgan fingerprint density at radius 3 is 2.43 bits per heavy atom. The number of hydrogen-bond donors (Lipinski definition) is 2. The van der Waals surface area contributed by atoms with Crippen LogP contribution in [0.2, 0.25) is 18.6 Å². The molecule has 12 heteroatoms. The second kappa shape index (κ2) is 15.2. The summed E-state index contributed by atoms with van der Waals surface area (Å²) in [7, 11) is 0.929. The maximum absolute atomic E-state index is 15.3. The Labute approximate surface area is 316 Å². The Morgan fingerprint density at radius 1 is 0.963 bits per heavy atom. The van der Waals surface area contributed by atoms with Crippen LogP contribution in [0.3, 0.4) is 0 Å². The van der Waals surface area contributed by atoms with Gasteiger partial charge in [-0.25, -0.2) is 0 Å². The lowest BCUT2D eigenvalue weighted by molar-refractivity contribution is -0.146. The highest BCUT2D eigenvalue weighted by Crippen LogP contribution is 2.60. The van der Waals surface area contributed by atoms with Crippen LogP contribution in [0.4, 0.5) is 11.4 Å². The second-order valence-corrected chi connectivity index (χ2v) is 19.4. The minimum atomic E-state index is -2.37. The third-order valence-electron chi connectivity index (χ3n) is 11.2. The number of nitrogens with one attached hydrogen (secondary N) is 1. The number of aromatic nitrogens is 3. The number of methoxy groups -OCH3 is 2. The van der Waals surface area contributed by atoms with Crippen molar-refractivity contribution in [3.63, 3.8) is 0 Å². The van der Waals surface area contributed by atoms with E-state index in [1.165, 1.54) is 5.19 Å². The fourth-order valence-corrected chi connectivity index (χ4v) is 12.6. The monoisotopic (exact) mass is 745 g/mol. The van der Waals surface area contributed by atoms with Crippen molar-refractivity contribution in [2.45, 2.75) is 63.2 Å². The zero-order valence-electron chi connectivity index (χ0n) is 31.4. The van der Waals surface area contributed by atoms with E-state index in [9.17, 15) is 9.90 Å². The summed E-state index contributed by atoms with van der Waals surface area (Å²) >= 11 is 0. The number of aliphatic hydroxyl groups excluding tert-OH is 1. The third kappa shape index (κ3) is 6.81. The van der Waals surface area contributed by atoms with Crippen molar-refractivity contribution < 1.29 is 28.9 Å². The highest BCUT2D eigenvalue weighted by atomic mass is 28.3. The highest BCUT2D eigenvalue weighted by molar-refractivity contribution is 6.91. The summed E-state index contributed by atoms with van der Waals surface area (Å²) in [6, 6.07) is 30.8. The molecular formula is C42H47N5O6Si. The third-order valence-corrected chi connectivity index (χ3v) is 15.6. The van der Waals surface area contributed by atoms with E-state index in [1.807, 2.05) is 83.9 Å². The number of benzene rings is 4. The molecule has 3 heterocycles. The van der Waals surface area contributed by atoms with E-state index in [0.717, 1.165) is 28.3 Å². The molecule has 2 aliphatic heterocycles. The van der Waals surface area contributed by atoms with Gasteiger partial charge in [-0.05, 0) is 72.1 Å². The Kier molecular flexibility index (Phi) is 10.4. The molecule has 11 nitrogen and oxygen atoms in total. The van der Waals surface area contributed by atoms with Gasteiger partial charge in [0.1, 0.15) is 11.5 Å². The first-order valence-electron chi connectivity index (χ1n) is 18.4. The van der Waals surface area contributed by atoms with Crippen LogP contribution in [-0.2, 0) is 34.6 Å². The molecule has 4 aromatic carbocycles. The number of anilines is 2. The first kappa shape index (κ1) is 37.0. The zero-order chi connectivity index (χ0) is 38.0. The number of carbonyl (C=O) groups excluding carboxylic acids is 2. The van der Waals surface area contributed by atoms with E-state index < -0.39 is 13.7 Å². The number of carbonyl (C=O) groups is 2. The van der Waals surface area contributed by atoms with Crippen LogP contribution in [0, 0.1) is 5.92 Å². The summed E-state index contributed by atoms with van der Waals surface area (Å²) in [5.41, 5.74) is 3.14. The smallest absolute Gasteiger partial charge is 0.264 e. The Morgan fingerprint density at radius 2 is 1.70 bits per heavy atom. The van der Waals surface area contributed by atoms with Gasteiger partial charge in [0.05, 0.1) is 46.3 Å². The fraction of sp³-hybridized carbons (Fsp3) is 0.333. The van der Waals surface area contributed by atoms with Crippen LogP contribution in [-0.4, -0.2) is 66.9 Å². The number of rotatable bonds is 13. The van der Waals surface area contributed by atoms with Crippen LogP contribution < -0.4 is 24.9 Å². The quantitative estimate of drug-likeness (QED) is 0.142. The molecule has 280 valence electrons. The van der Waals surface area contributed by atoms with Gasteiger partial charge < -0.3 is 29.5 Å². The fourth-order valence-electron chi connectivity index (χ4n) is 8.51. The number of nitrogens with zero attached hydrogens (tertiary/aromatic N) is 4. The van der Waals surface area contributed by atoms with Crippen molar-refractivity contribution >= 4 is 36.4 Å². The second-order valence-electron chi connectivity index (χ2n) is 14.7. The molecule has 5 aromatic rings. The van der Waals surface area contributed by atoms with Gasteiger partial charge in [-0.15, -0.1) is 5.10 Å². The largest absolute Gasteiger partial charge is 0.497 e. The minimum absolute atomic E-state index is 0.00227. The molecule has 1 fully saturated rings. The Hall–Kier alpha value is -5.30. The predicted molar refractivity (Wildman–Crippen MR) is 210 cm³/mol. The van der Waals surface area contributed by atoms with Crippen LogP contribution in [0.25, 0.3) is 0 Å². The SMILES string of the molecule is COc1ccc([Si](C)(C)[C@H]2[C@H](CCn3cc(CCO)nn3)O[C@@]3(C(=O)N(Cc4cccc(NC(=O)c5ccccc5)c4)c4ccc(OC)cc43)[C@@H]2C)cc1. The average Bonchev–Trinajstić information content (AvgIpc) is 3.84. The van der Waals surface area contributed by atoms with Crippen molar-refractivity contribution in [2.24, 2.45) is 5.92 Å². The maximum Gasteiger partial charge on any atom is 0.264 e. The average molecular weight is 746 g/mol. The normalized spacial score (nSPS) is 20.7. The lowest BCUT2D eigenvalue weighted by Crippen LogP contribution is -2.51. The van der Waals surface area contributed by atoms with Gasteiger partial charge in [0.25, 0.3) is 11.8 Å². The molecule has 1 saturated heterocycles. The molecule has 0 unspecified atom stereocenters. The van der Waals surface area contributed by atoms with E-state index in [0.29, 0.717) is 36.4 Å². The van der Waals surface area contributed by atoms with E-state index in [-0.39, 0.29) is 42.5 Å². The van der Waals surface area contributed by atoms with E-state index >= 15 is 4.79 Å². The van der Waals surface area contributed by atoms with Gasteiger partial charge in [0, 0.05) is 48.5 Å². The molecule has 2 amide bonds. The van der Waals surface area contributed by atoms with Crippen molar-refractivity contribution in [2.75, 3.05) is 31.0 Å². The predicted octanol–water partition coefficient (Wildman–Crippen LogP) is 5.94. The molecule has 1 spiro atoms. The molecule has 54 heavy (non-hydrogen) atoms. The number of amides is 2. The molecule has 7 rings (SSSR count). The summed E-state index contributed by atoms with van der Waals surface area (Å²) in [4.78, 5) is 30.1. The summed E-state index contributed by atoms with van der Waals surface area (Å²) < 4.78 is 20.3. The van der Waals surface area contributed by atoms with Gasteiger partial charge in [-0.2, -0.15) is 0 Å². The van der Waals surface area contributed by atoms with Crippen molar-refractivity contribution in [3.05, 3.63) is 126 Å². The van der Waals surface area contributed by atoms with Crippen LogP contribution >= 0.6 is 0 Å². The molecule has 0 bridgehead atoms. The summed E-state index contributed by atoms with van der Waals surface area (Å²) in [6.07, 6.45) is 2.63. The van der Waals surface area contributed by atoms with E-state index in [2.05, 4.69) is 47.8 Å². The standard InChI is InChI=1S/C42H47N5O6Si/c1-28-39(54(4,5)35-17-14-33(51-2)15-18-35)38(20-22-46-27-32(21-23-48)44-45-46)53-42(28)36-25-34(52-3)16-19-37(36)47(41(42)50)26-29-10-9-13-31(24-29)43-40(49)30-11-7-6-8-12-30/h6-19,24-25,27-28,38-39,48H,20-23,26H2,1-5H3,(H,43,49)/t28-,38+,39-,42+/m1/s1. The minimum Gasteiger partial charge on any atom is -0.497 e. The topological polar surface area (TPSA) is 128 Å². The number of hydrogen-bond acceptors (Lipinski definition) is 8. The highest BCUT2D eigenvalue weighted by Gasteiger charge is 2.66. The van der Waals surface area contributed by atoms with Crippen LogP contribution in [0.15, 0.2) is 103 Å². The number of aryl methyl sites for hydroxylation is 1. The maximum atomic E-state index is 15.3. The molecule has 0 aliphatic carbocycles. The lowest BCUT2D eigenvalue weighted by Gasteiger charge is -2.37. The van der Waals surface area contributed by atoms with Gasteiger partial charge in [0.15, 0.2) is 5.60 Å².